The molecule has 0 aliphatic heterocycles. The van der Waals surface area contributed by atoms with Crippen LogP contribution in [0.5, 0.6) is 0 Å². The molecule has 0 spiro atoms. The molecule has 1 heterocycles. The number of anilines is 1. The summed E-state index contributed by atoms with van der Waals surface area (Å²) in [5, 5.41) is 5.89. The van der Waals surface area contributed by atoms with Crippen molar-refractivity contribution in [1.82, 2.24) is 0 Å². The Labute approximate surface area is 181 Å². The summed E-state index contributed by atoms with van der Waals surface area (Å²) in [6.45, 7) is 5.76. The van der Waals surface area contributed by atoms with E-state index in [0.717, 1.165) is 44.1 Å². The van der Waals surface area contributed by atoms with Gasteiger partial charge in [-0.3, -0.25) is 9.59 Å². The molecule has 0 fully saturated rings. The molecule has 31 heavy (non-hydrogen) atoms. The van der Waals surface area contributed by atoms with E-state index in [0.29, 0.717) is 0 Å². The molecule has 0 saturated carbocycles. The van der Waals surface area contributed by atoms with Crippen LogP contribution in [-0.4, -0.2) is 18.5 Å². The molecule has 0 bridgehead atoms. The van der Waals surface area contributed by atoms with Crippen molar-refractivity contribution in [2.24, 2.45) is 0 Å². The first-order chi connectivity index (χ1) is 14.9. The number of fused-ring (bicyclic) bond motifs is 3. The normalized spacial score (nSPS) is 11.2. The lowest BCUT2D eigenvalue weighted by molar-refractivity contribution is -0.146. The molecule has 0 aliphatic carbocycles. The molecule has 4 rings (SSSR count). The van der Waals surface area contributed by atoms with Gasteiger partial charge in [0.2, 0.25) is 0 Å². The van der Waals surface area contributed by atoms with Crippen molar-refractivity contribution in [1.29, 1.82) is 0 Å². The molecule has 0 saturated heterocycles. The third-order valence-electron chi connectivity index (χ3n) is 5.43. The third kappa shape index (κ3) is 4.31. The molecular formula is C26H25NO4. The van der Waals surface area contributed by atoms with Crippen molar-refractivity contribution in [2.75, 3.05) is 11.9 Å². The van der Waals surface area contributed by atoms with Gasteiger partial charge in [0, 0.05) is 16.6 Å². The highest BCUT2D eigenvalue weighted by atomic mass is 16.5. The van der Waals surface area contributed by atoms with Gasteiger partial charge < -0.3 is 14.5 Å². The van der Waals surface area contributed by atoms with E-state index < -0.39 is 5.97 Å². The van der Waals surface area contributed by atoms with Gasteiger partial charge in [-0.2, -0.15) is 0 Å². The Bertz CT molecular complexity index is 1270. The fourth-order valence-electron chi connectivity index (χ4n) is 3.87. The predicted octanol–water partition coefficient (Wildman–Crippen LogP) is 5.74. The van der Waals surface area contributed by atoms with E-state index in [4.69, 9.17) is 9.15 Å². The topological polar surface area (TPSA) is 68.5 Å². The molecule has 5 heteroatoms. The van der Waals surface area contributed by atoms with E-state index in [1.807, 2.05) is 61.5 Å². The summed E-state index contributed by atoms with van der Waals surface area (Å²) in [6, 6.07) is 17.8. The quantitative estimate of drug-likeness (QED) is 0.408. The Balaban J connectivity index is 1.44. The van der Waals surface area contributed by atoms with Gasteiger partial charge in [-0.1, -0.05) is 62.4 Å². The van der Waals surface area contributed by atoms with Crippen LogP contribution in [0.2, 0.25) is 0 Å². The number of benzene rings is 3. The van der Waals surface area contributed by atoms with Crippen molar-refractivity contribution in [3.05, 3.63) is 77.6 Å². The summed E-state index contributed by atoms with van der Waals surface area (Å²) in [6.07, 6.45) is 1.62. The first-order valence-corrected chi connectivity index (χ1v) is 10.4. The second-order valence-corrected chi connectivity index (χ2v) is 8.00. The highest BCUT2D eigenvalue weighted by molar-refractivity contribution is 6.08. The zero-order valence-electron chi connectivity index (χ0n) is 17.9. The molecule has 0 unspecified atom stereocenters. The number of para-hydroxylation sites is 1. The second kappa shape index (κ2) is 8.64. The number of hydrogen-bond acceptors (Lipinski definition) is 4. The van der Waals surface area contributed by atoms with Crippen LogP contribution >= 0.6 is 0 Å². The standard InChI is InChI=1S/C26H25NO4/c1-16(2)20-10-6-7-17(3)26(20)27-23(28)15-31-24(29)13-19-14-30-22-12-11-18-8-4-5-9-21(18)25(19)22/h4-12,14,16H,13,15H2,1-3H3,(H,27,28). The van der Waals surface area contributed by atoms with Gasteiger partial charge in [-0.15, -0.1) is 0 Å². The van der Waals surface area contributed by atoms with Crippen LogP contribution in [0, 0.1) is 6.92 Å². The van der Waals surface area contributed by atoms with E-state index in [1.54, 1.807) is 6.26 Å². The number of nitrogens with one attached hydrogen (secondary N) is 1. The molecule has 5 nitrogen and oxygen atoms in total. The smallest absolute Gasteiger partial charge is 0.310 e. The number of esters is 1. The Morgan fingerprint density at radius 1 is 1.03 bits per heavy atom. The minimum absolute atomic E-state index is 0.0376. The lowest BCUT2D eigenvalue weighted by atomic mass is 9.98. The molecule has 0 atom stereocenters. The first-order valence-electron chi connectivity index (χ1n) is 10.4. The van der Waals surface area contributed by atoms with Crippen molar-refractivity contribution in [3.8, 4) is 0 Å². The monoisotopic (exact) mass is 415 g/mol. The van der Waals surface area contributed by atoms with E-state index in [-0.39, 0.29) is 24.9 Å². The average molecular weight is 415 g/mol. The van der Waals surface area contributed by atoms with Gasteiger partial charge in [-0.05, 0) is 40.8 Å². The number of carbonyl (C=O) groups excluding carboxylic acids is 2. The van der Waals surface area contributed by atoms with Crippen LogP contribution in [0.15, 0.2) is 65.3 Å². The van der Waals surface area contributed by atoms with Crippen LogP contribution in [0.25, 0.3) is 21.7 Å². The van der Waals surface area contributed by atoms with E-state index in [9.17, 15) is 9.59 Å². The Morgan fingerprint density at radius 2 is 1.84 bits per heavy atom. The van der Waals surface area contributed by atoms with Crippen molar-refractivity contribution < 1.29 is 18.7 Å². The zero-order chi connectivity index (χ0) is 22.0. The van der Waals surface area contributed by atoms with Crippen LogP contribution < -0.4 is 5.32 Å². The molecule has 3 aromatic carbocycles. The number of ether oxygens (including phenoxy) is 1. The van der Waals surface area contributed by atoms with Gasteiger partial charge >= 0.3 is 5.97 Å². The fraction of sp³-hybridized carbons (Fsp3) is 0.231. The number of rotatable bonds is 6. The van der Waals surface area contributed by atoms with Crippen LogP contribution in [0.4, 0.5) is 5.69 Å². The predicted molar refractivity (Wildman–Crippen MR) is 122 cm³/mol. The van der Waals surface area contributed by atoms with Gasteiger partial charge in [0.05, 0.1) is 12.7 Å². The summed E-state index contributed by atoms with van der Waals surface area (Å²) < 4.78 is 10.9. The molecule has 0 radical (unpaired) electrons. The maximum Gasteiger partial charge on any atom is 0.310 e. The molecule has 0 aliphatic rings. The maximum atomic E-state index is 12.4. The summed E-state index contributed by atoms with van der Waals surface area (Å²) in [5.74, 6) is -0.561. The Morgan fingerprint density at radius 3 is 2.65 bits per heavy atom. The van der Waals surface area contributed by atoms with Gasteiger partial charge in [-0.25, -0.2) is 0 Å². The number of furan rings is 1. The van der Waals surface area contributed by atoms with Crippen molar-refractivity contribution in [2.45, 2.75) is 33.1 Å². The molecular weight excluding hydrogens is 390 g/mol. The van der Waals surface area contributed by atoms with E-state index in [1.165, 1.54) is 0 Å². The highest BCUT2D eigenvalue weighted by Gasteiger charge is 2.16. The van der Waals surface area contributed by atoms with E-state index >= 15 is 0 Å². The van der Waals surface area contributed by atoms with Crippen molar-refractivity contribution in [3.63, 3.8) is 0 Å². The van der Waals surface area contributed by atoms with Gasteiger partial charge in [0.1, 0.15) is 5.58 Å². The SMILES string of the molecule is Cc1cccc(C(C)C)c1NC(=O)COC(=O)Cc1coc2ccc3ccccc3c12. The van der Waals surface area contributed by atoms with Crippen LogP contribution in [0.1, 0.15) is 36.5 Å². The highest BCUT2D eigenvalue weighted by Crippen LogP contribution is 2.30. The first kappa shape index (κ1) is 20.7. The summed E-state index contributed by atoms with van der Waals surface area (Å²) >= 11 is 0. The molecule has 1 amide bonds. The third-order valence-corrected chi connectivity index (χ3v) is 5.43. The lowest BCUT2D eigenvalue weighted by Crippen LogP contribution is -2.22. The minimum atomic E-state index is -0.473. The van der Waals surface area contributed by atoms with Gasteiger partial charge in [0.15, 0.2) is 6.61 Å². The molecule has 4 aromatic rings. The number of amides is 1. The lowest BCUT2D eigenvalue weighted by Gasteiger charge is -2.16. The Kier molecular flexibility index (Phi) is 5.76. The second-order valence-electron chi connectivity index (χ2n) is 8.00. The maximum absolute atomic E-state index is 12.4. The summed E-state index contributed by atoms with van der Waals surface area (Å²) in [5.41, 5.74) is 4.28. The number of hydrogen-bond donors (Lipinski definition) is 1. The van der Waals surface area contributed by atoms with Crippen molar-refractivity contribution >= 4 is 39.3 Å². The van der Waals surface area contributed by atoms with Crippen LogP contribution in [-0.2, 0) is 20.7 Å². The molecule has 158 valence electrons. The molecule has 1 N–H and O–H groups in total. The van der Waals surface area contributed by atoms with Gasteiger partial charge in [0.25, 0.3) is 5.91 Å². The summed E-state index contributed by atoms with van der Waals surface area (Å²) in [7, 11) is 0. The fourth-order valence-corrected chi connectivity index (χ4v) is 3.87. The molecule has 1 aromatic heterocycles. The van der Waals surface area contributed by atoms with E-state index in [2.05, 4.69) is 19.2 Å². The number of aryl methyl sites for hydroxylation is 1. The minimum Gasteiger partial charge on any atom is -0.464 e. The number of carbonyl (C=O) groups is 2. The Hall–Kier alpha value is -3.60. The van der Waals surface area contributed by atoms with Crippen LogP contribution in [0.3, 0.4) is 0 Å². The summed E-state index contributed by atoms with van der Waals surface area (Å²) in [4.78, 5) is 24.9. The average Bonchev–Trinajstić information content (AvgIpc) is 3.16. The largest absolute Gasteiger partial charge is 0.464 e. The zero-order valence-corrected chi connectivity index (χ0v) is 17.9.